The van der Waals surface area contributed by atoms with Crippen molar-refractivity contribution in [3.8, 4) is 0 Å². The lowest BCUT2D eigenvalue weighted by molar-refractivity contribution is -0.139. The third-order valence-corrected chi connectivity index (χ3v) is 8.43. The number of sulfone groups is 1. The Morgan fingerprint density at radius 2 is 1.76 bits per heavy atom. The summed E-state index contributed by atoms with van der Waals surface area (Å²) in [5.74, 6) is -0.297. The SMILES string of the molecule is CC(=O)OC/C=C(\C)C/C=C/C(C)=C/C(C1=C(C)CCCC1(C)C)S(=O)(=O)c1ccc(C)cc1. The summed E-state index contributed by atoms with van der Waals surface area (Å²) in [4.78, 5) is 11.3. The Balaban J connectivity index is 2.41. The number of allylic oxidation sites excluding steroid dienone is 5. The second kappa shape index (κ2) is 11.8. The third kappa shape index (κ3) is 7.56. The summed E-state index contributed by atoms with van der Waals surface area (Å²) in [6.07, 6.45) is 11.5. The van der Waals surface area contributed by atoms with Crippen molar-refractivity contribution in [2.24, 2.45) is 5.41 Å². The zero-order valence-corrected chi connectivity index (χ0v) is 22.6. The summed E-state index contributed by atoms with van der Waals surface area (Å²) < 4.78 is 32.8. The quantitative estimate of drug-likeness (QED) is 0.214. The van der Waals surface area contributed by atoms with E-state index < -0.39 is 15.1 Å². The molecule has 1 atom stereocenters. The van der Waals surface area contributed by atoms with Gasteiger partial charge >= 0.3 is 5.97 Å². The van der Waals surface area contributed by atoms with Crippen molar-refractivity contribution in [1.29, 1.82) is 0 Å². The molecule has 34 heavy (non-hydrogen) atoms. The van der Waals surface area contributed by atoms with Crippen LogP contribution >= 0.6 is 0 Å². The maximum atomic E-state index is 13.9. The molecule has 0 spiro atoms. The Labute approximate surface area is 206 Å². The van der Waals surface area contributed by atoms with Gasteiger partial charge in [-0.15, -0.1) is 0 Å². The molecule has 1 aromatic rings. The second-order valence-electron chi connectivity index (χ2n) is 10.1. The fourth-order valence-electron chi connectivity index (χ4n) is 4.58. The van der Waals surface area contributed by atoms with Crippen molar-refractivity contribution >= 4 is 15.8 Å². The van der Waals surface area contributed by atoms with Crippen LogP contribution in [-0.2, 0) is 19.4 Å². The predicted molar refractivity (Wildman–Crippen MR) is 140 cm³/mol. The smallest absolute Gasteiger partial charge is 0.302 e. The van der Waals surface area contributed by atoms with Crippen LogP contribution < -0.4 is 0 Å². The summed E-state index contributed by atoms with van der Waals surface area (Å²) in [6, 6.07) is 7.16. The van der Waals surface area contributed by atoms with Crippen molar-refractivity contribution in [2.45, 2.75) is 84.3 Å². The van der Waals surface area contributed by atoms with E-state index in [0.717, 1.165) is 41.5 Å². The Hall–Kier alpha value is -2.40. The first-order valence-corrected chi connectivity index (χ1v) is 13.5. The molecule has 0 fully saturated rings. The highest BCUT2D eigenvalue weighted by Gasteiger charge is 2.39. The predicted octanol–water partition coefficient (Wildman–Crippen LogP) is 7.07. The molecule has 0 radical (unpaired) electrons. The van der Waals surface area contributed by atoms with E-state index in [4.69, 9.17) is 4.74 Å². The lowest BCUT2D eigenvalue weighted by atomic mass is 9.71. The number of hydrogen-bond donors (Lipinski definition) is 0. The number of carbonyl (C=O) groups excluding carboxylic acids is 1. The minimum atomic E-state index is -3.61. The van der Waals surface area contributed by atoms with Crippen LogP contribution in [0.4, 0.5) is 0 Å². The molecular formula is C29H40O4S. The van der Waals surface area contributed by atoms with Crippen molar-refractivity contribution < 1.29 is 17.9 Å². The van der Waals surface area contributed by atoms with Gasteiger partial charge in [0.2, 0.25) is 0 Å². The average Bonchev–Trinajstić information content (AvgIpc) is 2.72. The molecule has 0 heterocycles. The number of carbonyl (C=O) groups is 1. The summed E-state index contributed by atoms with van der Waals surface area (Å²) in [7, 11) is -3.61. The Bertz CT molecular complexity index is 1100. The molecule has 0 amide bonds. The molecule has 1 aromatic carbocycles. The molecule has 1 aliphatic carbocycles. The molecule has 0 saturated carbocycles. The van der Waals surface area contributed by atoms with Crippen molar-refractivity contribution in [2.75, 3.05) is 6.61 Å². The van der Waals surface area contributed by atoms with Crippen molar-refractivity contribution in [1.82, 2.24) is 0 Å². The molecule has 0 aromatic heterocycles. The molecule has 0 saturated heterocycles. The van der Waals surface area contributed by atoms with E-state index >= 15 is 0 Å². The van der Waals surface area contributed by atoms with Crippen LogP contribution in [0.15, 0.2) is 75.8 Å². The molecule has 1 aliphatic rings. The second-order valence-corrected chi connectivity index (χ2v) is 12.1. The van der Waals surface area contributed by atoms with Gasteiger partial charge in [-0.2, -0.15) is 0 Å². The van der Waals surface area contributed by atoms with Gasteiger partial charge in [-0.1, -0.05) is 66.5 Å². The van der Waals surface area contributed by atoms with E-state index in [1.807, 2.05) is 57.2 Å². The summed E-state index contributed by atoms with van der Waals surface area (Å²) >= 11 is 0. The van der Waals surface area contributed by atoms with E-state index in [-0.39, 0.29) is 18.0 Å². The topological polar surface area (TPSA) is 60.4 Å². The van der Waals surface area contributed by atoms with Crippen molar-refractivity contribution in [3.63, 3.8) is 0 Å². The van der Waals surface area contributed by atoms with E-state index in [1.54, 1.807) is 12.1 Å². The van der Waals surface area contributed by atoms with Crippen LogP contribution in [-0.4, -0.2) is 26.2 Å². The number of rotatable bonds is 9. The first kappa shape index (κ1) is 27.8. The zero-order chi connectivity index (χ0) is 25.5. The minimum absolute atomic E-state index is 0.179. The number of aryl methyl sites for hydroxylation is 1. The molecule has 0 bridgehead atoms. The highest BCUT2D eigenvalue weighted by Crippen LogP contribution is 2.45. The Morgan fingerprint density at radius 1 is 1.12 bits per heavy atom. The number of hydrogen-bond acceptors (Lipinski definition) is 4. The van der Waals surface area contributed by atoms with Crippen LogP contribution in [0, 0.1) is 12.3 Å². The van der Waals surface area contributed by atoms with Crippen LogP contribution in [0.1, 0.15) is 72.8 Å². The lowest BCUT2D eigenvalue weighted by Crippen LogP contribution is -2.33. The number of ether oxygens (including phenoxy) is 1. The summed E-state index contributed by atoms with van der Waals surface area (Å²) in [6.45, 7) is 14.0. The van der Waals surface area contributed by atoms with Gasteiger partial charge < -0.3 is 4.74 Å². The zero-order valence-electron chi connectivity index (χ0n) is 21.8. The first-order chi connectivity index (χ1) is 15.8. The standard InChI is InChI=1S/C29H40O4S/c1-21(17-19-33-25(5)30)10-8-11-23(3)20-27(28-24(4)12-9-18-29(28,6)7)34(31,32)26-15-13-22(2)14-16-26/h8,11,13-17,20,27H,9-10,12,18-19H2,1-7H3/b11-8+,21-17+,23-20+. The largest absolute Gasteiger partial charge is 0.462 e. The summed E-state index contributed by atoms with van der Waals surface area (Å²) in [5.41, 5.74) is 5.08. The van der Waals surface area contributed by atoms with Gasteiger partial charge in [0, 0.05) is 6.92 Å². The molecule has 2 rings (SSSR count). The van der Waals surface area contributed by atoms with Crippen LogP contribution in [0.2, 0.25) is 0 Å². The minimum Gasteiger partial charge on any atom is -0.462 e. The fraction of sp³-hybridized carbons (Fsp3) is 0.483. The average molecular weight is 485 g/mol. The molecule has 5 heteroatoms. The van der Waals surface area contributed by atoms with E-state index in [2.05, 4.69) is 20.8 Å². The van der Waals surface area contributed by atoms with Gasteiger partial charge in [-0.3, -0.25) is 4.79 Å². The summed E-state index contributed by atoms with van der Waals surface area (Å²) in [5, 5.41) is -0.698. The van der Waals surface area contributed by atoms with Crippen LogP contribution in [0.5, 0.6) is 0 Å². The Kier molecular flexibility index (Phi) is 9.69. The highest BCUT2D eigenvalue weighted by molar-refractivity contribution is 7.92. The normalized spacial score (nSPS) is 18.3. The highest BCUT2D eigenvalue weighted by atomic mass is 32.2. The van der Waals surface area contributed by atoms with E-state index in [0.29, 0.717) is 11.3 Å². The van der Waals surface area contributed by atoms with Crippen LogP contribution in [0.25, 0.3) is 0 Å². The Morgan fingerprint density at radius 3 is 2.35 bits per heavy atom. The van der Waals surface area contributed by atoms with Gasteiger partial charge in [-0.25, -0.2) is 8.42 Å². The maximum absolute atomic E-state index is 13.9. The van der Waals surface area contributed by atoms with E-state index in [1.165, 1.54) is 12.5 Å². The van der Waals surface area contributed by atoms with Gasteiger partial charge in [0.15, 0.2) is 9.84 Å². The first-order valence-electron chi connectivity index (χ1n) is 12.0. The molecule has 1 unspecified atom stereocenters. The number of benzene rings is 1. The molecule has 4 nitrogen and oxygen atoms in total. The molecule has 186 valence electrons. The lowest BCUT2D eigenvalue weighted by Gasteiger charge is -2.38. The maximum Gasteiger partial charge on any atom is 0.302 e. The van der Waals surface area contributed by atoms with Crippen LogP contribution in [0.3, 0.4) is 0 Å². The van der Waals surface area contributed by atoms with Crippen molar-refractivity contribution in [3.05, 3.63) is 76.4 Å². The van der Waals surface area contributed by atoms with Gasteiger partial charge in [0.05, 0.1) is 4.90 Å². The monoisotopic (exact) mass is 484 g/mol. The molecule has 0 N–H and O–H groups in total. The number of esters is 1. The third-order valence-electron chi connectivity index (χ3n) is 6.46. The molecule has 0 aliphatic heterocycles. The fourth-order valence-corrected chi connectivity index (χ4v) is 6.62. The van der Waals surface area contributed by atoms with Gasteiger partial charge in [-0.05, 0) is 82.6 Å². The van der Waals surface area contributed by atoms with Gasteiger partial charge in [0.25, 0.3) is 0 Å². The molecular weight excluding hydrogens is 444 g/mol. The van der Waals surface area contributed by atoms with Gasteiger partial charge in [0.1, 0.15) is 11.9 Å². The van der Waals surface area contributed by atoms with E-state index in [9.17, 15) is 13.2 Å².